The van der Waals surface area contributed by atoms with Crippen molar-refractivity contribution < 1.29 is 9.66 Å². The van der Waals surface area contributed by atoms with E-state index in [1.165, 1.54) is 24.5 Å². The molecule has 0 fully saturated rings. The van der Waals surface area contributed by atoms with Crippen molar-refractivity contribution in [2.75, 3.05) is 0 Å². The van der Waals surface area contributed by atoms with Crippen LogP contribution in [0.2, 0.25) is 10.2 Å². The van der Waals surface area contributed by atoms with Crippen molar-refractivity contribution in [1.29, 1.82) is 0 Å². The van der Waals surface area contributed by atoms with Crippen molar-refractivity contribution in [3.05, 3.63) is 49.3 Å². The molecule has 0 radical (unpaired) electrons. The van der Waals surface area contributed by atoms with E-state index < -0.39 is 4.92 Å². The van der Waals surface area contributed by atoms with E-state index in [4.69, 9.17) is 27.9 Å². The van der Waals surface area contributed by atoms with Gasteiger partial charge in [0.15, 0.2) is 5.15 Å². The molecule has 0 saturated heterocycles. The Morgan fingerprint density at radius 3 is 2.68 bits per heavy atom. The van der Waals surface area contributed by atoms with Gasteiger partial charge in [-0.1, -0.05) is 23.2 Å². The number of halogens is 3. The molecule has 0 amide bonds. The van der Waals surface area contributed by atoms with Gasteiger partial charge in [0.05, 0.1) is 9.95 Å². The zero-order valence-corrected chi connectivity index (χ0v) is 12.1. The molecule has 2 rings (SSSR count). The fraction of sp³-hybridized carbons (Fsp3) is 0. The molecule has 0 spiro atoms. The predicted octanol–water partition coefficient (Wildman–Crippen LogP) is 4.25. The molecular weight excluding hydrogens is 361 g/mol. The van der Waals surface area contributed by atoms with E-state index in [0.29, 0.717) is 4.47 Å². The number of non-ortho nitro benzene ring substituents is 1. The Morgan fingerprint density at radius 2 is 2.05 bits per heavy atom. The highest BCUT2D eigenvalue weighted by molar-refractivity contribution is 9.10. The Kier molecular flexibility index (Phi) is 4.18. The second kappa shape index (κ2) is 5.68. The molecule has 0 saturated carbocycles. The summed E-state index contributed by atoms with van der Waals surface area (Å²) in [4.78, 5) is 17.7. The minimum Gasteiger partial charge on any atom is -0.436 e. The summed E-state index contributed by atoms with van der Waals surface area (Å²) in [5, 5.41) is 10.9. The molecule has 0 bridgehead atoms. The van der Waals surface area contributed by atoms with E-state index in [1.54, 1.807) is 0 Å². The second-order valence-electron chi connectivity index (χ2n) is 3.26. The molecule has 0 unspecified atom stereocenters. The number of hydrogen-bond donors (Lipinski definition) is 0. The van der Waals surface area contributed by atoms with Gasteiger partial charge >= 0.3 is 0 Å². The average molecular weight is 365 g/mol. The van der Waals surface area contributed by atoms with Crippen LogP contribution in [0.15, 0.2) is 29.0 Å². The molecule has 2 aromatic rings. The first-order chi connectivity index (χ1) is 8.99. The Hall–Kier alpha value is -1.44. The van der Waals surface area contributed by atoms with Crippen LogP contribution >= 0.6 is 39.1 Å². The number of aromatic nitrogens is 2. The lowest BCUT2D eigenvalue weighted by Gasteiger charge is -2.08. The van der Waals surface area contributed by atoms with Crippen LogP contribution in [-0.2, 0) is 0 Å². The molecule has 1 aromatic carbocycles. The van der Waals surface area contributed by atoms with Crippen LogP contribution in [0, 0.1) is 10.1 Å². The quantitative estimate of drug-likeness (QED) is 0.462. The molecule has 98 valence electrons. The van der Waals surface area contributed by atoms with E-state index >= 15 is 0 Å². The standard InChI is InChI=1S/C10H4BrCl2N3O3/c11-8-9(13)14-4-15-10(8)19-7-2-1-5(16(17)18)3-6(7)12/h1-4H. The highest BCUT2D eigenvalue weighted by Gasteiger charge is 2.14. The van der Waals surface area contributed by atoms with Gasteiger partial charge in [0.25, 0.3) is 5.69 Å². The highest BCUT2D eigenvalue weighted by atomic mass is 79.9. The predicted molar refractivity (Wildman–Crippen MR) is 72.9 cm³/mol. The van der Waals surface area contributed by atoms with Crippen LogP contribution < -0.4 is 4.74 Å². The summed E-state index contributed by atoms with van der Waals surface area (Å²) in [6.07, 6.45) is 1.22. The second-order valence-corrected chi connectivity index (χ2v) is 4.82. The smallest absolute Gasteiger partial charge is 0.271 e. The normalized spacial score (nSPS) is 10.3. The number of nitro groups is 1. The summed E-state index contributed by atoms with van der Waals surface area (Å²) in [6, 6.07) is 3.84. The molecule has 1 aromatic heterocycles. The van der Waals surface area contributed by atoms with Crippen molar-refractivity contribution >= 4 is 44.8 Å². The molecule has 0 aliphatic heterocycles. The number of rotatable bonds is 3. The van der Waals surface area contributed by atoms with Crippen LogP contribution in [0.25, 0.3) is 0 Å². The number of hydrogen-bond acceptors (Lipinski definition) is 5. The van der Waals surface area contributed by atoms with Gasteiger partial charge in [0.2, 0.25) is 5.88 Å². The van der Waals surface area contributed by atoms with Crippen molar-refractivity contribution in [2.24, 2.45) is 0 Å². The topological polar surface area (TPSA) is 78.2 Å². The first kappa shape index (κ1) is 14.0. The minimum absolute atomic E-state index is 0.0934. The van der Waals surface area contributed by atoms with Gasteiger partial charge < -0.3 is 4.74 Å². The number of nitro benzene ring substituents is 1. The zero-order chi connectivity index (χ0) is 14.0. The van der Waals surface area contributed by atoms with E-state index in [2.05, 4.69) is 25.9 Å². The van der Waals surface area contributed by atoms with Crippen LogP contribution in [0.1, 0.15) is 0 Å². The first-order valence-electron chi connectivity index (χ1n) is 4.77. The van der Waals surface area contributed by atoms with Gasteiger partial charge in [-0.2, -0.15) is 0 Å². The van der Waals surface area contributed by atoms with Crippen LogP contribution in [0.4, 0.5) is 5.69 Å². The fourth-order valence-electron chi connectivity index (χ4n) is 1.19. The van der Waals surface area contributed by atoms with Gasteiger partial charge in [0.1, 0.15) is 16.5 Å². The SMILES string of the molecule is O=[N+]([O-])c1ccc(Oc2ncnc(Cl)c2Br)c(Cl)c1. The Bertz CT molecular complexity index is 654. The molecule has 9 heteroatoms. The summed E-state index contributed by atoms with van der Waals surface area (Å²) in [7, 11) is 0. The third kappa shape index (κ3) is 3.12. The van der Waals surface area contributed by atoms with E-state index in [-0.39, 0.29) is 27.5 Å². The molecule has 1 heterocycles. The van der Waals surface area contributed by atoms with Gasteiger partial charge in [0, 0.05) is 12.1 Å². The van der Waals surface area contributed by atoms with Crippen molar-refractivity contribution in [1.82, 2.24) is 9.97 Å². The highest BCUT2D eigenvalue weighted by Crippen LogP contribution is 2.35. The molecular formula is C10H4BrCl2N3O3. The van der Waals surface area contributed by atoms with Crippen molar-refractivity contribution in [2.45, 2.75) is 0 Å². The van der Waals surface area contributed by atoms with Gasteiger partial charge in [-0.3, -0.25) is 10.1 Å². The first-order valence-corrected chi connectivity index (χ1v) is 6.31. The molecule has 6 nitrogen and oxygen atoms in total. The number of nitrogens with zero attached hydrogens (tertiary/aromatic N) is 3. The summed E-state index contributed by atoms with van der Waals surface area (Å²) >= 11 is 14.8. The monoisotopic (exact) mass is 363 g/mol. The third-order valence-corrected chi connectivity index (χ3v) is 3.57. The summed E-state index contributed by atoms with van der Waals surface area (Å²) in [6.45, 7) is 0. The Balaban J connectivity index is 2.34. The molecule has 0 aliphatic carbocycles. The summed E-state index contributed by atoms with van der Waals surface area (Å²) in [5.41, 5.74) is -0.128. The van der Waals surface area contributed by atoms with E-state index in [1.807, 2.05) is 0 Å². The van der Waals surface area contributed by atoms with E-state index in [9.17, 15) is 10.1 Å². The lowest BCUT2D eigenvalue weighted by Crippen LogP contribution is -1.93. The van der Waals surface area contributed by atoms with Crippen LogP contribution in [-0.4, -0.2) is 14.9 Å². The maximum Gasteiger partial charge on any atom is 0.271 e. The lowest BCUT2D eigenvalue weighted by atomic mass is 10.3. The fourth-order valence-corrected chi connectivity index (χ4v) is 1.82. The lowest BCUT2D eigenvalue weighted by molar-refractivity contribution is -0.384. The van der Waals surface area contributed by atoms with Crippen molar-refractivity contribution in [3.8, 4) is 11.6 Å². The minimum atomic E-state index is -0.548. The van der Waals surface area contributed by atoms with Gasteiger partial charge in [-0.05, 0) is 22.0 Å². The molecule has 0 atom stereocenters. The summed E-state index contributed by atoms with van der Waals surface area (Å²) < 4.78 is 5.79. The molecule has 0 aliphatic rings. The van der Waals surface area contributed by atoms with Gasteiger partial charge in [-0.25, -0.2) is 9.97 Å². The largest absolute Gasteiger partial charge is 0.436 e. The molecule has 0 N–H and O–H groups in total. The third-order valence-electron chi connectivity index (χ3n) is 2.05. The Morgan fingerprint density at radius 1 is 1.32 bits per heavy atom. The number of benzene rings is 1. The maximum atomic E-state index is 10.6. The van der Waals surface area contributed by atoms with E-state index in [0.717, 1.165) is 0 Å². The van der Waals surface area contributed by atoms with Crippen LogP contribution in [0.5, 0.6) is 11.6 Å². The zero-order valence-electron chi connectivity index (χ0n) is 9.01. The average Bonchev–Trinajstić information content (AvgIpc) is 2.37. The molecule has 19 heavy (non-hydrogen) atoms. The maximum absolute atomic E-state index is 10.6. The summed E-state index contributed by atoms with van der Waals surface area (Å²) in [5.74, 6) is 0.387. The van der Waals surface area contributed by atoms with Crippen LogP contribution in [0.3, 0.4) is 0 Å². The number of ether oxygens (including phenoxy) is 1. The van der Waals surface area contributed by atoms with Crippen molar-refractivity contribution in [3.63, 3.8) is 0 Å². The Labute approximate surface area is 125 Å². The van der Waals surface area contributed by atoms with Gasteiger partial charge in [-0.15, -0.1) is 0 Å².